The van der Waals surface area contributed by atoms with Crippen molar-refractivity contribution in [2.75, 3.05) is 44.3 Å². The summed E-state index contributed by atoms with van der Waals surface area (Å²) in [6.45, 7) is 8.51. The molecule has 1 aliphatic rings. The molecule has 3 rings (SSSR count). The number of nitrogens with two attached hydrogens (primary N) is 1. The van der Waals surface area contributed by atoms with E-state index in [4.69, 9.17) is 22.6 Å². The lowest BCUT2D eigenvalue weighted by Gasteiger charge is -2.21. The van der Waals surface area contributed by atoms with Gasteiger partial charge in [-0.15, -0.1) is 0 Å². The van der Waals surface area contributed by atoms with E-state index in [1.165, 1.54) is 13.1 Å². The number of pyridine rings is 1. The second-order valence-corrected chi connectivity index (χ2v) is 6.78. The molecule has 0 atom stereocenters. The van der Waals surface area contributed by atoms with Crippen molar-refractivity contribution in [2.24, 2.45) is 0 Å². The number of benzene rings is 1. The summed E-state index contributed by atoms with van der Waals surface area (Å²) in [5.41, 5.74) is 9.40. The zero-order chi connectivity index (χ0) is 19.1. The molecule has 26 heavy (non-hydrogen) atoms. The Kier molecular flexibility index (Phi) is 7.22. The molecule has 7 heteroatoms. The zero-order valence-electron chi connectivity index (χ0n) is 15.4. The molecule has 1 aromatic carbocycles. The minimum Gasteiger partial charge on any atom is -0.398 e. The van der Waals surface area contributed by atoms with Gasteiger partial charge in [0.2, 0.25) is 0 Å². The molecule has 1 fully saturated rings. The molecule has 4 N–H and O–H groups in total. The first kappa shape index (κ1) is 20.0. The molecular weight excluding hydrogens is 348 g/mol. The number of nitrogen functional groups attached to an aromatic ring is 1. The van der Waals surface area contributed by atoms with Crippen molar-refractivity contribution in [3.8, 4) is 6.07 Å². The summed E-state index contributed by atoms with van der Waals surface area (Å²) in [7, 11) is 2.15. The van der Waals surface area contributed by atoms with E-state index in [0.717, 1.165) is 29.9 Å². The molecule has 2 heterocycles. The molecule has 0 spiro atoms. The van der Waals surface area contributed by atoms with Gasteiger partial charge in [-0.3, -0.25) is 0 Å². The predicted octanol–water partition coefficient (Wildman–Crippen LogP) is 3.07. The fraction of sp³-hybridized carbons (Fsp3) is 0.368. The minimum absolute atomic E-state index is 0.369. The Morgan fingerprint density at radius 3 is 2.46 bits per heavy atom. The van der Waals surface area contributed by atoms with Gasteiger partial charge in [0.25, 0.3) is 0 Å². The lowest BCUT2D eigenvalue weighted by Crippen LogP contribution is -2.40. The van der Waals surface area contributed by atoms with Gasteiger partial charge in [0.15, 0.2) is 0 Å². The van der Waals surface area contributed by atoms with Crippen molar-refractivity contribution in [1.29, 1.82) is 5.26 Å². The van der Waals surface area contributed by atoms with E-state index in [-0.39, 0.29) is 0 Å². The monoisotopic (exact) mass is 372 g/mol. The van der Waals surface area contributed by atoms with E-state index in [1.807, 2.05) is 26.0 Å². The standard InChI is InChI=1S/C14H13ClN4.C5H12N2/c1-8-3-11(7-16)19-14(4-8)18-10-5-12(15)9(2)13(17)6-10;1-7-4-2-6-3-5-7/h3-6H,17H2,1-2H3,(H,18,19);6H,2-5H2,1H3. The first-order valence-electron chi connectivity index (χ1n) is 8.49. The Balaban J connectivity index is 0.000000290. The van der Waals surface area contributed by atoms with Gasteiger partial charge in [0.05, 0.1) is 0 Å². The summed E-state index contributed by atoms with van der Waals surface area (Å²) in [5.74, 6) is 0.593. The molecular formula is C19H25ClN6. The predicted molar refractivity (Wildman–Crippen MR) is 108 cm³/mol. The van der Waals surface area contributed by atoms with Gasteiger partial charge in [-0.25, -0.2) is 4.98 Å². The smallest absolute Gasteiger partial charge is 0.143 e. The lowest BCUT2D eigenvalue weighted by atomic mass is 10.2. The molecule has 138 valence electrons. The van der Waals surface area contributed by atoms with Crippen molar-refractivity contribution in [3.05, 3.63) is 46.1 Å². The second kappa shape index (κ2) is 9.39. The van der Waals surface area contributed by atoms with E-state index in [9.17, 15) is 0 Å². The number of piperazine rings is 1. The summed E-state index contributed by atoms with van der Waals surface area (Å²) in [6.07, 6.45) is 0. The van der Waals surface area contributed by atoms with Crippen molar-refractivity contribution < 1.29 is 0 Å². The number of rotatable bonds is 2. The maximum atomic E-state index is 8.90. The topological polar surface area (TPSA) is 90.0 Å². The number of hydrogen-bond acceptors (Lipinski definition) is 6. The van der Waals surface area contributed by atoms with Gasteiger partial charge in [0.1, 0.15) is 17.6 Å². The van der Waals surface area contributed by atoms with Crippen LogP contribution in [0.15, 0.2) is 24.3 Å². The number of aryl methyl sites for hydroxylation is 1. The fourth-order valence-electron chi connectivity index (χ4n) is 2.49. The number of likely N-dealkylation sites (N-methyl/N-ethyl adjacent to an activating group) is 1. The van der Waals surface area contributed by atoms with E-state index in [2.05, 4.69) is 27.6 Å². The second-order valence-electron chi connectivity index (χ2n) is 6.38. The largest absolute Gasteiger partial charge is 0.398 e. The average molecular weight is 373 g/mol. The maximum Gasteiger partial charge on any atom is 0.143 e. The molecule has 1 aliphatic heterocycles. The van der Waals surface area contributed by atoms with Crippen LogP contribution < -0.4 is 16.4 Å². The first-order chi connectivity index (χ1) is 12.4. The maximum absolute atomic E-state index is 8.90. The highest BCUT2D eigenvalue weighted by Gasteiger charge is 2.05. The molecule has 0 amide bonds. The number of anilines is 3. The quantitative estimate of drug-likeness (QED) is 0.702. The summed E-state index contributed by atoms with van der Waals surface area (Å²) in [6, 6.07) is 9.17. The van der Waals surface area contributed by atoms with Crippen molar-refractivity contribution in [3.63, 3.8) is 0 Å². The zero-order valence-corrected chi connectivity index (χ0v) is 16.2. The van der Waals surface area contributed by atoms with Gasteiger partial charge in [0, 0.05) is 42.6 Å². The Labute approximate surface area is 160 Å². The Bertz CT molecular complexity index is 770. The third-order valence-corrected chi connectivity index (χ3v) is 4.47. The highest BCUT2D eigenvalue weighted by atomic mass is 35.5. The Morgan fingerprint density at radius 1 is 1.23 bits per heavy atom. The molecule has 0 saturated carbocycles. The number of nitrogens with zero attached hydrogens (tertiary/aromatic N) is 3. The first-order valence-corrected chi connectivity index (χ1v) is 8.87. The van der Waals surface area contributed by atoms with Gasteiger partial charge in [-0.2, -0.15) is 5.26 Å². The van der Waals surface area contributed by atoms with Crippen LogP contribution in [0, 0.1) is 25.2 Å². The van der Waals surface area contributed by atoms with Gasteiger partial charge in [-0.1, -0.05) is 11.6 Å². The molecule has 0 unspecified atom stereocenters. The molecule has 0 aliphatic carbocycles. The Hall–Kier alpha value is -2.33. The molecule has 0 bridgehead atoms. The van der Waals surface area contributed by atoms with Crippen LogP contribution in [0.5, 0.6) is 0 Å². The normalized spacial score (nSPS) is 14.1. The molecule has 2 aromatic rings. The van der Waals surface area contributed by atoms with Crippen LogP contribution in [0.25, 0.3) is 0 Å². The summed E-state index contributed by atoms with van der Waals surface area (Å²) in [4.78, 5) is 6.50. The number of halogens is 1. The average Bonchev–Trinajstić information content (AvgIpc) is 2.60. The van der Waals surface area contributed by atoms with Crippen LogP contribution >= 0.6 is 11.6 Å². The molecule has 1 saturated heterocycles. The molecule has 1 aromatic heterocycles. The summed E-state index contributed by atoms with van der Waals surface area (Å²) >= 11 is 6.08. The number of hydrogen-bond donors (Lipinski definition) is 3. The number of aromatic nitrogens is 1. The van der Waals surface area contributed by atoms with Crippen LogP contribution in [-0.2, 0) is 0 Å². The summed E-state index contributed by atoms with van der Waals surface area (Å²) in [5, 5.41) is 15.9. The number of nitriles is 1. The van der Waals surface area contributed by atoms with Crippen molar-refractivity contribution in [2.45, 2.75) is 13.8 Å². The third kappa shape index (κ3) is 5.88. The molecule has 6 nitrogen and oxygen atoms in total. The van der Waals surface area contributed by atoms with Crippen LogP contribution in [-0.4, -0.2) is 43.1 Å². The van der Waals surface area contributed by atoms with E-state index >= 15 is 0 Å². The number of nitrogens with one attached hydrogen (secondary N) is 2. The van der Waals surface area contributed by atoms with E-state index in [1.54, 1.807) is 18.2 Å². The molecule has 0 radical (unpaired) electrons. The van der Waals surface area contributed by atoms with Crippen LogP contribution in [0.4, 0.5) is 17.2 Å². The van der Waals surface area contributed by atoms with Gasteiger partial charge < -0.3 is 21.3 Å². The third-order valence-electron chi connectivity index (χ3n) is 4.08. The fourth-order valence-corrected chi connectivity index (χ4v) is 2.71. The van der Waals surface area contributed by atoms with Gasteiger partial charge >= 0.3 is 0 Å². The van der Waals surface area contributed by atoms with Crippen LogP contribution in [0.2, 0.25) is 5.02 Å². The SMILES string of the molecule is CN1CCNCC1.Cc1cc(C#N)nc(Nc2cc(N)c(C)c(Cl)c2)c1. The summed E-state index contributed by atoms with van der Waals surface area (Å²) < 4.78 is 0. The van der Waals surface area contributed by atoms with E-state index in [0.29, 0.717) is 22.2 Å². The van der Waals surface area contributed by atoms with E-state index < -0.39 is 0 Å². The van der Waals surface area contributed by atoms with Crippen molar-refractivity contribution in [1.82, 2.24) is 15.2 Å². The van der Waals surface area contributed by atoms with Gasteiger partial charge in [-0.05, 0) is 56.3 Å². The highest BCUT2D eigenvalue weighted by molar-refractivity contribution is 6.32. The lowest BCUT2D eigenvalue weighted by molar-refractivity contribution is 0.291. The van der Waals surface area contributed by atoms with Crippen LogP contribution in [0.3, 0.4) is 0 Å². The highest BCUT2D eigenvalue weighted by Crippen LogP contribution is 2.28. The van der Waals surface area contributed by atoms with Crippen molar-refractivity contribution >= 4 is 28.8 Å². The van der Waals surface area contributed by atoms with Crippen LogP contribution in [0.1, 0.15) is 16.8 Å². The minimum atomic E-state index is 0.369. The Morgan fingerprint density at radius 2 is 1.92 bits per heavy atom.